The number of ketones is 1. The largest absolute Gasteiger partial charge is 0.456 e. The van der Waals surface area contributed by atoms with Crippen molar-refractivity contribution in [3.8, 4) is 0 Å². The van der Waals surface area contributed by atoms with Gasteiger partial charge < -0.3 is 10.1 Å². The monoisotopic (exact) mass is 401 g/mol. The van der Waals surface area contributed by atoms with Crippen molar-refractivity contribution in [3.05, 3.63) is 35.6 Å². The lowest BCUT2D eigenvalue weighted by molar-refractivity contribution is -0.148. The zero-order chi connectivity index (χ0) is 20.4. The molecule has 6 heteroatoms. The summed E-state index contributed by atoms with van der Waals surface area (Å²) in [6, 6.07) is 5.20. The molecule has 1 amide bonds. The molecule has 1 aromatic rings. The van der Waals surface area contributed by atoms with Crippen LogP contribution in [0.25, 0.3) is 0 Å². The summed E-state index contributed by atoms with van der Waals surface area (Å²) < 4.78 is 17.9. The van der Waals surface area contributed by atoms with Crippen molar-refractivity contribution in [1.82, 2.24) is 5.32 Å². The Balaban J connectivity index is 1.16. The van der Waals surface area contributed by atoms with E-state index < -0.39 is 11.8 Å². The number of esters is 1. The molecule has 4 bridgehead atoms. The maximum absolute atomic E-state index is 12.9. The SMILES string of the molecule is O=C(COC(=O)CCC(=O)c1ccc(F)cc1)NCC12CC3CC(CC(C3)C1)C2. The first kappa shape index (κ1) is 20.0. The van der Waals surface area contributed by atoms with Crippen LogP contribution in [0.2, 0.25) is 0 Å². The maximum atomic E-state index is 12.9. The quantitative estimate of drug-likeness (QED) is 0.533. The van der Waals surface area contributed by atoms with Gasteiger partial charge >= 0.3 is 5.97 Å². The van der Waals surface area contributed by atoms with Gasteiger partial charge in [0.1, 0.15) is 5.82 Å². The number of halogens is 1. The molecule has 4 fully saturated rings. The number of nitrogens with one attached hydrogen (secondary N) is 1. The number of Topliss-reactive ketones (excluding diaryl/α,β-unsaturated/α-hetero) is 1. The summed E-state index contributed by atoms with van der Waals surface area (Å²) in [5.41, 5.74) is 0.600. The third-order valence-electron chi connectivity index (χ3n) is 6.91. The van der Waals surface area contributed by atoms with Crippen molar-refractivity contribution in [2.75, 3.05) is 13.2 Å². The molecule has 1 N–H and O–H groups in total. The van der Waals surface area contributed by atoms with Gasteiger partial charge in [-0.1, -0.05) is 0 Å². The molecule has 0 heterocycles. The lowest BCUT2D eigenvalue weighted by atomic mass is 9.49. The molecule has 0 aliphatic heterocycles. The minimum atomic E-state index is -0.578. The molecule has 0 spiro atoms. The number of hydrogen-bond acceptors (Lipinski definition) is 4. The second-order valence-electron chi connectivity index (χ2n) is 9.29. The molecule has 4 aliphatic rings. The Kier molecular flexibility index (Phi) is 5.70. The van der Waals surface area contributed by atoms with Crippen LogP contribution in [0.4, 0.5) is 4.39 Å². The predicted molar refractivity (Wildman–Crippen MR) is 105 cm³/mol. The van der Waals surface area contributed by atoms with Crippen LogP contribution in [-0.2, 0) is 14.3 Å². The highest BCUT2D eigenvalue weighted by molar-refractivity contribution is 5.97. The fraction of sp³-hybridized carbons (Fsp3) is 0.609. The first-order valence-electron chi connectivity index (χ1n) is 10.6. The van der Waals surface area contributed by atoms with Crippen molar-refractivity contribution < 1.29 is 23.5 Å². The van der Waals surface area contributed by atoms with Crippen LogP contribution in [0.1, 0.15) is 61.7 Å². The molecule has 0 atom stereocenters. The molecule has 4 saturated carbocycles. The van der Waals surface area contributed by atoms with E-state index in [1.807, 2.05) is 0 Å². The molecule has 1 aromatic carbocycles. The van der Waals surface area contributed by atoms with E-state index in [4.69, 9.17) is 4.74 Å². The van der Waals surface area contributed by atoms with E-state index in [-0.39, 0.29) is 36.6 Å². The molecule has 4 aliphatic carbocycles. The Bertz CT molecular complexity index is 753. The van der Waals surface area contributed by atoms with E-state index in [1.54, 1.807) is 0 Å². The summed E-state index contributed by atoms with van der Waals surface area (Å²) in [6.07, 6.45) is 7.60. The fourth-order valence-electron chi connectivity index (χ4n) is 6.06. The minimum Gasteiger partial charge on any atom is -0.456 e. The lowest BCUT2D eigenvalue weighted by Crippen LogP contribution is -2.51. The van der Waals surface area contributed by atoms with Gasteiger partial charge in [-0.05, 0) is 86.0 Å². The Morgan fingerprint density at radius 1 is 0.966 bits per heavy atom. The molecule has 0 saturated heterocycles. The number of carbonyl (C=O) groups excluding carboxylic acids is 3. The van der Waals surface area contributed by atoms with Gasteiger partial charge in [0, 0.05) is 18.5 Å². The zero-order valence-electron chi connectivity index (χ0n) is 16.6. The fourth-order valence-corrected chi connectivity index (χ4v) is 6.06. The summed E-state index contributed by atoms with van der Waals surface area (Å²) in [4.78, 5) is 36.0. The molecular formula is C23H28FNO4. The Morgan fingerprint density at radius 2 is 1.55 bits per heavy atom. The Hall–Kier alpha value is -2.24. The first-order chi connectivity index (χ1) is 13.9. The van der Waals surface area contributed by atoms with Gasteiger partial charge in [0.2, 0.25) is 0 Å². The van der Waals surface area contributed by atoms with Gasteiger partial charge in [-0.3, -0.25) is 14.4 Å². The normalized spacial score (nSPS) is 29.5. The molecule has 29 heavy (non-hydrogen) atoms. The summed E-state index contributed by atoms with van der Waals surface area (Å²) >= 11 is 0. The summed E-state index contributed by atoms with van der Waals surface area (Å²) in [7, 11) is 0. The van der Waals surface area contributed by atoms with Crippen LogP contribution in [0, 0.1) is 29.0 Å². The van der Waals surface area contributed by atoms with Crippen LogP contribution in [0.5, 0.6) is 0 Å². The highest BCUT2D eigenvalue weighted by atomic mass is 19.1. The van der Waals surface area contributed by atoms with Gasteiger partial charge in [0.25, 0.3) is 5.91 Å². The van der Waals surface area contributed by atoms with Crippen LogP contribution in [0.3, 0.4) is 0 Å². The molecule has 156 valence electrons. The summed E-state index contributed by atoms with van der Waals surface area (Å²) in [6.45, 7) is 0.367. The molecular weight excluding hydrogens is 373 g/mol. The van der Waals surface area contributed by atoms with E-state index in [0.717, 1.165) is 17.8 Å². The van der Waals surface area contributed by atoms with Crippen LogP contribution >= 0.6 is 0 Å². The van der Waals surface area contributed by atoms with E-state index >= 15 is 0 Å². The lowest BCUT2D eigenvalue weighted by Gasteiger charge is -2.56. The Labute approximate surface area is 170 Å². The predicted octanol–water partition coefficient (Wildman–Crippen LogP) is 3.66. The Morgan fingerprint density at radius 3 is 2.14 bits per heavy atom. The van der Waals surface area contributed by atoms with Crippen molar-refractivity contribution >= 4 is 17.7 Å². The van der Waals surface area contributed by atoms with Gasteiger partial charge in [0.15, 0.2) is 12.4 Å². The molecule has 0 unspecified atom stereocenters. The van der Waals surface area contributed by atoms with E-state index in [0.29, 0.717) is 12.1 Å². The summed E-state index contributed by atoms with van der Waals surface area (Å²) in [5, 5.41) is 2.97. The molecule has 5 rings (SSSR count). The second kappa shape index (κ2) is 8.25. The molecule has 0 radical (unpaired) electrons. The highest BCUT2D eigenvalue weighted by Crippen LogP contribution is 2.59. The number of benzene rings is 1. The topological polar surface area (TPSA) is 72.5 Å². The number of rotatable bonds is 8. The smallest absolute Gasteiger partial charge is 0.306 e. The number of carbonyl (C=O) groups is 3. The first-order valence-corrected chi connectivity index (χ1v) is 10.6. The number of ether oxygens (including phenoxy) is 1. The van der Waals surface area contributed by atoms with Gasteiger partial charge in [0.05, 0.1) is 6.42 Å². The number of amides is 1. The average molecular weight is 401 g/mol. The van der Waals surface area contributed by atoms with Crippen LogP contribution in [0.15, 0.2) is 24.3 Å². The third-order valence-corrected chi connectivity index (χ3v) is 6.91. The van der Waals surface area contributed by atoms with E-state index in [2.05, 4.69) is 5.32 Å². The summed E-state index contributed by atoms with van der Waals surface area (Å²) in [5.74, 6) is 0.956. The van der Waals surface area contributed by atoms with E-state index in [1.165, 1.54) is 62.8 Å². The van der Waals surface area contributed by atoms with Gasteiger partial charge in [-0.15, -0.1) is 0 Å². The maximum Gasteiger partial charge on any atom is 0.306 e. The van der Waals surface area contributed by atoms with Crippen molar-refractivity contribution in [2.24, 2.45) is 23.2 Å². The van der Waals surface area contributed by atoms with Gasteiger partial charge in [-0.25, -0.2) is 4.39 Å². The van der Waals surface area contributed by atoms with Crippen molar-refractivity contribution in [3.63, 3.8) is 0 Å². The van der Waals surface area contributed by atoms with E-state index in [9.17, 15) is 18.8 Å². The zero-order valence-corrected chi connectivity index (χ0v) is 16.6. The van der Waals surface area contributed by atoms with Crippen molar-refractivity contribution in [2.45, 2.75) is 51.4 Å². The number of hydrogen-bond donors (Lipinski definition) is 1. The molecule has 5 nitrogen and oxygen atoms in total. The van der Waals surface area contributed by atoms with Gasteiger partial charge in [-0.2, -0.15) is 0 Å². The highest BCUT2D eigenvalue weighted by Gasteiger charge is 2.50. The second-order valence-corrected chi connectivity index (χ2v) is 9.29. The third kappa shape index (κ3) is 4.85. The average Bonchev–Trinajstić information content (AvgIpc) is 2.68. The van der Waals surface area contributed by atoms with Crippen LogP contribution in [-0.4, -0.2) is 30.8 Å². The van der Waals surface area contributed by atoms with Crippen LogP contribution < -0.4 is 5.32 Å². The minimum absolute atomic E-state index is 0.0284. The standard InChI is InChI=1S/C23H28FNO4/c24-19-3-1-18(2-4-19)20(26)5-6-22(28)29-13-21(27)25-14-23-10-15-7-16(11-23)9-17(8-15)12-23/h1-4,15-17H,5-14H2,(H,25,27). The van der Waals surface area contributed by atoms with Crippen molar-refractivity contribution in [1.29, 1.82) is 0 Å². The molecule has 0 aromatic heterocycles.